The number of aromatic nitrogens is 3. The Kier molecular flexibility index (Phi) is 5.36. The first-order chi connectivity index (χ1) is 17.0. The van der Waals surface area contributed by atoms with E-state index in [9.17, 15) is 18.7 Å². The van der Waals surface area contributed by atoms with Crippen LogP contribution in [-0.2, 0) is 9.53 Å². The van der Waals surface area contributed by atoms with Gasteiger partial charge in [0.15, 0.2) is 11.6 Å². The first kappa shape index (κ1) is 21.9. The number of nitrogens with one attached hydrogen (secondary N) is 1. The molecular weight excluding hydrogens is 456 g/mol. The second-order valence-electron chi connectivity index (χ2n) is 9.29. The molecule has 4 aromatic rings. The summed E-state index contributed by atoms with van der Waals surface area (Å²) in [6.45, 7) is 1.17. The molecule has 2 aromatic heterocycles. The number of halogens is 2. The predicted molar refractivity (Wildman–Crippen MR) is 124 cm³/mol. The maximum absolute atomic E-state index is 14.3. The molecule has 7 nitrogen and oxygen atoms in total. The molecule has 1 aliphatic carbocycles. The topological polar surface area (TPSA) is 97.3 Å². The lowest BCUT2D eigenvalue weighted by molar-refractivity contribution is -0.148. The van der Waals surface area contributed by atoms with Gasteiger partial charge in [-0.15, -0.1) is 0 Å². The molecule has 1 saturated heterocycles. The first-order valence-electron chi connectivity index (χ1n) is 11.7. The van der Waals surface area contributed by atoms with Gasteiger partial charge in [0.25, 0.3) is 0 Å². The van der Waals surface area contributed by atoms with Crippen molar-refractivity contribution < 1.29 is 28.2 Å². The molecule has 35 heavy (non-hydrogen) atoms. The molecule has 0 radical (unpaired) electrons. The second-order valence-corrected chi connectivity index (χ2v) is 9.29. The van der Waals surface area contributed by atoms with Gasteiger partial charge in [-0.25, -0.2) is 13.8 Å². The van der Waals surface area contributed by atoms with Crippen molar-refractivity contribution in [3.05, 3.63) is 53.9 Å². The molecule has 0 amide bonds. The van der Waals surface area contributed by atoms with E-state index in [1.807, 2.05) is 12.1 Å². The van der Waals surface area contributed by atoms with Crippen molar-refractivity contribution in [1.82, 2.24) is 15.2 Å². The zero-order chi connectivity index (χ0) is 24.1. The number of pyridine rings is 1. The summed E-state index contributed by atoms with van der Waals surface area (Å²) in [5.74, 6) is -2.60. The van der Waals surface area contributed by atoms with Gasteiger partial charge in [-0.2, -0.15) is 5.10 Å². The third-order valence-corrected chi connectivity index (χ3v) is 7.09. The number of aliphatic carboxylic acids is 1. The normalized spacial score (nSPS) is 20.7. The van der Waals surface area contributed by atoms with E-state index in [0.29, 0.717) is 42.9 Å². The van der Waals surface area contributed by atoms with Crippen molar-refractivity contribution in [3.63, 3.8) is 0 Å². The van der Waals surface area contributed by atoms with Gasteiger partial charge in [0.2, 0.25) is 5.88 Å². The van der Waals surface area contributed by atoms with Crippen LogP contribution in [0.2, 0.25) is 0 Å². The minimum absolute atomic E-state index is 0.0480. The molecule has 1 saturated carbocycles. The number of ether oxygens (including phenoxy) is 2. The van der Waals surface area contributed by atoms with Crippen LogP contribution in [0.1, 0.15) is 37.3 Å². The summed E-state index contributed by atoms with van der Waals surface area (Å²) in [6, 6.07) is 7.76. The van der Waals surface area contributed by atoms with E-state index in [-0.39, 0.29) is 12.0 Å². The average Bonchev–Trinajstić information content (AvgIpc) is 3.29. The summed E-state index contributed by atoms with van der Waals surface area (Å²) in [6.07, 6.45) is 3.79. The fourth-order valence-electron chi connectivity index (χ4n) is 5.07. The largest absolute Gasteiger partial charge is 0.481 e. The number of nitrogens with zero attached hydrogens (tertiary/aromatic N) is 2. The van der Waals surface area contributed by atoms with E-state index < -0.39 is 23.5 Å². The lowest BCUT2D eigenvalue weighted by atomic mass is 9.82. The Labute approximate surface area is 199 Å². The molecule has 2 aliphatic rings. The number of hydrogen-bond donors (Lipinski definition) is 2. The van der Waals surface area contributed by atoms with E-state index in [1.54, 1.807) is 12.3 Å². The Hall–Kier alpha value is -3.59. The van der Waals surface area contributed by atoms with Crippen molar-refractivity contribution in [2.24, 2.45) is 5.92 Å². The lowest BCUT2D eigenvalue weighted by Crippen LogP contribution is -2.38. The third kappa shape index (κ3) is 3.89. The number of rotatable bonds is 5. The molecule has 3 heterocycles. The SMILES string of the molecule is O=C(O)[C@H]1C[C@H](Oc2nc(C3CCOCC3)c(-c3ccc(F)c(F)c3)c3cc4cn[nH]c4cc23)C1. The number of H-pyrrole nitrogens is 1. The highest BCUT2D eigenvalue weighted by atomic mass is 19.2. The highest BCUT2D eigenvalue weighted by molar-refractivity contribution is 6.06. The lowest BCUT2D eigenvalue weighted by Gasteiger charge is -2.33. The standard InChI is InChI=1S/C26H23F2N3O4/c27-20-2-1-14(10-21(20)28)23-18-9-16-12-29-31-22(16)11-19(18)25(35-17-7-15(8-17)26(32)33)30-24(23)13-3-5-34-6-4-13/h1-2,9-13,15,17H,3-8H2,(H,29,31)(H,32,33)/t15-,17-. The molecule has 2 N–H and O–H groups in total. The molecule has 0 unspecified atom stereocenters. The summed E-state index contributed by atoms with van der Waals surface area (Å²) in [5, 5.41) is 18.7. The molecule has 2 aromatic carbocycles. The van der Waals surface area contributed by atoms with Crippen LogP contribution in [0.25, 0.3) is 32.8 Å². The van der Waals surface area contributed by atoms with E-state index in [0.717, 1.165) is 46.5 Å². The zero-order valence-corrected chi connectivity index (χ0v) is 18.8. The van der Waals surface area contributed by atoms with E-state index in [2.05, 4.69) is 10.2 Å². The summed E-state index contributed by atoms with van der Waals surface area (Å²) < 4.78 is 40.0. The van der Waals surface area contributed by atoms with Crippen LogP contribution in [-0.4, -0.2) is 45.6 Å². The Bertz CT molecular complexity index is 1440. The van der Waals surface area contributed by atoms with Crippen molar-refractivity contribution in [2.75, 3.05) is 13.2 Å². The average molecular weight is 479 g/mol. The fraction of sp³-hybridized carbons (Fsp3) is 0.346. The minimum Gasteiger partial charge on any atom is -0.481 e. The zero-order valence-electron chi connectivity index (χ0n) is 18.8. The van der Waals surface area contributed by atoms with Crippen LogP contribution in [0.4, 0.5) is 8.78 Å². The predicted octanol–water partition coefficient (Wildman–Crippen LogP) is 5.19. The number of aromatic amines is 1. The molecule has 9 heteroatoms. The molecule has 6 rings (SSSR count). The van der Waals surface area contributed by atoms with Crippen LogP contribution >= 0.6 is 0 Å². The van der Waals surface area contributed by atoms with Gasteiger partial charge < -0.3 is 14.6 Å². The number of carboxylic acid groups (broad SMARTS) is 1. The van der Waals surface area contributed by atoms with Gasteiger partial charge in [0.05, 0.1) is 23.3 Å². The second kappa shape index (κ2) is 8.57. The van der Waals surface area contributed by atoms with Gasteiger partial charge >= 0.3 is 5.97 Å². The fourth-order valence-corrected chi connectivity index (χ4v) is 5.07. The van der Waals surface area contributed by atoms with Crippen LogP contribution in [0, 0.1) is 17.6 Å². The van der Waals surface area contributed by atoms with Crippen LogP contribution in [0.3, 0.4) is 0 Å². The Morgan fingerprint density at radius 2 is 1.89 bits per heavy atom. The highest BCUT2D eigenvalue weighted by Gasteiger charge is 2.37. The highest BCUT2D eigenvalue weighted by Crippen LogP contribution is 2.44. The van der Waals surface area contributed by atoms with Crippen LogP contribution < -0.4 is 4.74 Å². The minimum atomic E-state index is -0.924. The number of benzene rings is 2. The van der Waals surface area contributed by atoms with Crippen molar-refractivity contribution in [1.29, 1.82) is 0 Å². The van der Waals surface area contributed by atoms with Crippen LogP contribution in [0.15, 0.2) is 36.5 Å². The molecule has 0 spiro atoms. The summed E-state index contributed by atoms with van der Waals surface area (Å²) >= 11 is 0. The third-order valence-electron chi connectivity index (χ3n) is 7.09. The number of hydrogen-bond acceptors (Lipinski definition) is 5. The molecule has 0 bridgehead atoms. The van der Waals surface area contributed by atoms with Gasteiger partial charge in [0, 0.05) is 35.5 Å². The monoisotopic (exact) mass is 479 g/mol. The molecule has 180 valence electrons. The number of fused-ring (bicyclic) bond motifs is 2. The first-order valence-corrected chi connectivity index (χ1v) is 11.7. The summed E-state index contributed by atoms with van der Waals surface area (Å²) in [7, 11) is 0. The molecular formula is C26H23F2N3O4. The maximum Gasteiger partial charge on any atom is 0.306 e. The smallest absolute Gasteiger partial charge is 0.306 e. The Morgan fingerprint density at radius 3 is 2.63 bits per heavy atom. The van der Waals surface area contributed by atoms with Crippen molar-refractivity contribution in [2.45, 2.75) is 37.7 Å². The van der Waals surface area contributed by atoms with E-state index in [1.165, 1.54) is 6.07 Å². The molecule has 2 fully saturated rings. The molecule has 1 aliphatic heterocycles. The summed E-state index contributed by atoms with van der Waals surface area (Å²) in [5.41, 5.74) is 2.81. The van der Waals surface area contributed by atoms with Gasteiger partial charge in [-0.1, -0.05) is 6.07 Å². The Morgan fingerprint density at radius 1 is 1.09 bits per heavy atom. The number of carbonyl (C=O) groups is 1. The maximum atomic E-state index is 14.3. The van der Waals surface area contributed by atoms with Gasteiger partial charge in [-0.05, 0) is 60.9 Å². The van der Waals surface area contributed by atoms with Crippen molar-refractivity contribution in [3.8, 4) is 17.0 Å². The van der Waals surface area contributed by atoms with Crippen LogP contribution in [0.5, 0.6) is 5.88 Å². The van der Waals surface area contributed by atoms with Gasteiger partial charge in [-0.3, -0.25) is 9.89 Å². The summed E-state index contributed by atoms with van der Waals surface area (Å²) in [4.78, 5) is 16.2. The quantitative estimate of drug-likeness (QED) is 0.409. The van der Waals surface area contributed by atoms with Gasteiger partial charge in [0.1, 0.15) is 6.10 Å². The number of carboxylic acids is 1. The Balaban J connectivity index is 1.57. The van der Waals surface area contributed by atoms with E-state index in [4.69, 9.17) is 14.5 Å². The van der Waals surface area contributed by atoms with Crippen molar-refractivity contribution >= 4 is 27.6 Å². The molecule has 0 atom stereocenters. The van der Waals surface area contributed by atoms with E-state index >= 15 is 0 Å².